The zero-order chi connectivity index (χ0) is 14.6. The van der Waals surface area contributed by atoms with E-state index in [2.05, 4.69) is 4.99 Å². The summed E-state index contributed by atoms with van der Waals surface area (Å²) in [4.78, 5) is 28.9. The van der Waals surface area contributed by atoms with Crippen molar-refractivity contribution in [1.82, 2.24) is 4.90 Å². The molecular weight excluding hydrogens is 248 g/mol. The first-order valence-electron chi connectivity index (χ1n) is 6.37. The van der Waals surface area contributed by atoms with Crippen molar-refractivity contribution in [2.45, 2.75) is 52.2 Å². The molecule has 0 N–H and O–H groups in total. The summed E-state index contributed by atoms with van der Waals surface area (Å²) < 4.78 is 9.87. The molecule has 0 aromatic heterocycles. The second kappa shape index (κ2) is 6.04. The van der Waals surface area contributed by atoms with Crippen molar-refractivity contribution < 1.29 is 19.1 Å². The Kier molecular flexibility index (Phi) is 4.91. The topological polar surface area (TPSA) is 68.2 Å². The predicted molar refractivity (Wildman–Crippen MR) is 71.1 cm³/mol. The summed E-state index contributed by atoms with van der Waals surface area (Å²) in [6.07, 6.45) is 0.954. The molecule has 1 fully saturated rings. The van der Waals surface area contributed by atoms with E-state index in [0.717, 1.165) is 6.42 Å². The molecule has 1 saturated heterocycles. The summed E-state index contributed by atoms with van der Waals surface area (Å²) in [5.74, 6) is 0.193. The van der Waals surface area contributed by atoms with Crippen LogP contribution in [0.2, 0.25) is 0 Å². The highest BCUT2D eigenvalue weighted by Gasteiger charge is 2.32. The van der Waals surface area contributed by atoms with Crippen LogP contribution in [0.3, 0.4) is 0 Å². The highest BCUT2D eigenvalue weighted by molar-refractivity contribution is 5.93. The molecule has 0 radical (unpaired) electrons. The largest absolute Gasteiger partial charge is 0.467 e. The van der Waals surface area contributed by atoms with Gasteiger partial charge in [-0.15, -0.1) is 0 Å². The lowest BCUT2D eigenvalue weighted by Gasteiger charge is -2.24. The minimum absolute atomic E-state index is 0.295. The summed E-state index contributed by atoms with van der Waals surface area (Å²) in [5.41, 5.74) is -0.576. The minimum atomic E-state index is -0.638. The maximum Gasteiger partial charge on any atom is 0.435 e. The summed E-state index contributed by atoms with van der Waals surface area (Å²) in [7, 11) is 1.36. The number of nitrogens with zero attached hydrogens (tertiary/aromatic N) is 2. The predicted octanol–water partition coefficient (Wildman–Crippen LogP) is 1.98. The number of carbonyl (C=O) groups excluding carboxylic acids is 2. The average molecular weight is 270 g/mol. The van der Waals surface area contributed by atoms with Gasteiger partial charge < -0.3 is 14.4 Å². The smallest absolute Gasteiger partial charge is 0.435 e. The molecule has 1 rings (SSSR count). The Morgan fingerprint density at radius 1 is 1.32 bits per heavy atom. The summed E-state index contributed by atoms with van der Waals surface area (Å²) in [6, 6.07) is -0.351. The Morgan fingerprint density at radius 2 is 1.95 bits per heavy atom. The third-order valence-electron chi connectivity index (χ3n) is 2.79. The van der Waals surface area contributed by atoms with E-state index < -0.39 is 11.7 Å². The number of hydrogen-bond donors (Lipinski definition) is 0. The lowest BCUT2D eigenvalue weighted by atomic mass is 10.2. The molecule has 0 bridgehead atoms. The molecule has 0 aromatic carbocycles. The van der Waals surface area contributed by atoms with Crippen LogP contribution >= 0.6 is 0 Å². The Bertz CT molecular complexity index is 385. The standard InChI is InChI=1S/C13H22N2O4/c1-9(14-12(17)19-13(2,3)4)15-8-6-7-10(15)11(16)18-5/h10H,6-8H2,1-5H3/b14-9-/t10-/m0/s1. The van der Waals surface area contributed by atoms with Gasteiger partial charge in [0.2, 0.25) is 0 Å². The van der Waals surface area contributed by atoms with E-state index in [-0.39, 0.29) is 12.0 Å². The first kappa shape index (κ1) is 15.5. The van der Waals surface area contributed by atoms with Gasteiger partial charge in [0.25, 0.3) is 0 Å². The SMILES string of the molecule is COC(=O)[C@@H]1CCCN1/C(C)=N\C(=O)OC(C)(C)C. The number of hydrogen-bond acceptors (Lipinski definition) is 4. The van der Waals surface area contributed by atoms with Crippen LogP contribution in [0.1, 0.15) is 40.5 Å². The van der Waals surface area contributed by atoms with Crippen molar-refractivity contribution in [3.63, 3.8) is 0 Å². The minimum Gasteiger partial charge on any atom is -0.467 e. The Balaban J connectivity index is 2.73. The molecule has 0 saturated carbocycles. The van der Waals surface area contributed by atoms with Gasteiger partial charge >= 0.3 is 12.1 Å². The van der Waals surface area contributed by atoms with Gasteiger partial charge in [0, 0.05) is 6.54 Å². The summed E-state index contributed by atoms with van der Waals surface area (Å²) >= 11 is 0. The number of carbonyl (C=O) groups is 2. The molecule has 1 aliphatic heterocycles. The van der Waals surface area contributed by atoms with Crippen LogP contribution < -0.4 is 0 Å². The van der Waals surface area contributed by atoms with E-state index in [0.29, 0.717) is 18.8 Å². The van der Waals surface area contributed by atoms with Crippen molar-refractivity contribution in [2.24, 2.45) is 4.99 Å². The van der Waals surface area contributed by atoms with Crippen molar-refractivity contribution in [3.05, 3.63) is 0 Å². The number of esters is 1. The first-order valence-corrected chi connectivity index (χ1v) is 6.37. The second-order valence-corrected chi connectivity index (χ2v) is 5.51. The lowest BCUT2D eigenvalue weighted by Crippen LogP contribution is -2.40. The average Bonchev–Trinajstić information content (AvgIpc) is 2.73. The van der Waals surface area contributed by atoms with Gasteiger partial charge in [0.05, 0.1) is 7.11 Å². The van der Waals surface area contributed by atoms with Crippen molar-refractivity contribution in [3.8, 4) is 0 Å². The molecule has 0 aromatic rings. The fourth-order valence-electron chi connectivity index (χ4n) is 2.02. The molecule has 1 heterocycles. The van der Waals surface area contributed by atoms with Gasteiger partial charge in [-0.1, -0.05) is 0 Å². The van der Waals surface area contributed by atoms with Gasteiger partial charge in [0.15, 0.2) is 0 Å². The van der Waals surface area contributed by atoms with Gasteiger partial charge in [-0.05, 0) is 40.5 Å². The Morgan fingerprint density at radius 3 is 2.47 bits per heavy atom. The van der Waals surface area contributed by atoms with Gasteiger partial charge in [0.1, 0.15) is 17.5 Å². The molecule has 6 nitrogen and oxygen atoms in total. The Hall–Kier alpha value is -1.59. The zero-order valence-corrected chi connectivity index (χ0v) is 12.2. The number of aliphatic imine (C=N–C) groups is 1. The maximum atomic E-state index is 11.6. The number of methoxy groups -OCH3 is 1. The lowest BCUT2D eigenvalue weighted by molar-refractivity contribution is -0.144. The first-order chi connectivity index (χ1) is 8.74. The fourth-order valence-corrected chi connectivity index (χ4v) is 2.02. The Labute approximate surface area is 113 Å². The van der Waals surface area contributed by atoms with Crippen molar-refractivity contribution in [2.75, 3.05) is 13.7 Å². The number of ether oxygens (including phenoxy) is 2. The molecule has 0 aliphatic carbocycles. The molecule has 0 spiro atoms. The monoisotopic (exact) mass is 270 g/mol. The van der Waals surface area contributed by atoms with Gasteiger partial charge in [-0.25, -0.2) is 9.59 Å². The fraction of sp³-hybridized carbons (Fsp3) is 0.769. The normalized spacial score (nSPS) is 20.4. The highest BCUT2D eigenvalue weighted by Crippen LogP contribution is 2.19. The van der Waals surface area contributed by atoms with Crippen LogP contribution in [-0.2, 0) is 14.3 Å². The molecule has 0 unspecified atom stereocenters. The molecule has 108 valence electrons. The third kappa shape index (κ3) is 4.54. The van der Waals surface area contributed by atoms with E-state index in [1.54, 1.807) is 32.6 Å². The molecule has 19 heavy (non-hydrogen) atoms. The third-order valence-corrected chi connectivity index (χ3v) is 2.79. The van der Waals surface area contributed by atoms with Gasteiger partial charge in [-0.3, -0.25) is 0 Å². The van der Waals surface area contributed by atoms with Crippen LogP contribution in [0.4, 0.5) is 4.79 Å². The number of rotatable bonds is 1. The van der Waals surface area contributed by atoms with Crippen LogP contribution in [0.25, 0.3) is 0 Å². The van der Waals surface area contributed by atoms with E-state index in [1.165, 1.54) is 7.11 Å². The number of amides is 1. The molecule has 1 aliphatic rings. The van der Waals surface area contributed by atoms with Crippen molar-refractivity contribution in [1.29, 1.82) is 0 Å². The van der Waals surface area contributed by atoms with Crippen LogP contribution in [-0.4, -0.2) is 48.1 Å². The highest BCUT2D eigenvalue weighted by atomic mass is 16.6. The van der Waals surface area contributed by atoms with E-state index in [1.807, 2.05) is 0 Å². The van der Waals surface area contributed by atoms with Crippen molar-refractivity contribution >= 4 is 17.9 Å². The van der Waals surface area contributed by atoms with Crippen LogP contribution in [0.15, 0.2) is 4.99 Å². The van der Waals surface area contributed by atoms with Gasteiger partial charge in [-0.2, -0.15) is 4.99 Å². The molecule has 1 atom stereocenters. The van der Waals surface area contributed by atoms with E-state index in [4.69, 9.17) is 9.47 Å². The molecule has 1 amide bonds. The van der Waals surface area contributed by atoms with E-state index in [9.17, 15) is 9.59 Å². The van der Waals surface area contributed by atoms with Crippen LogP contribution in [0, 0.1) is 0 Å². The molecular formula is C13H22N2O4. The maximum absolute atomic E-state index is 11.6. The summed E-state index contributed by atoms with van der Waals surface area (Å²) in [5, 5.41) is 0. The van der Waals surface area contributed by atoms with Crippen LogP contribution in [0.5, 0.6) is 0 Å². The number of amidine groups is 1. The quantitative estimate of drug-likeness (QED) is 0.414. The zero-order valence-electron chi connectivity index (χ0n) is 12.2. The van der Waals surface area contributed by atoms with E-state index >= 15 is 0 Å². The molecule has 6 heteroatoms. The number of likely N-dealkylation sites (tertiary alicyclic amines) is 1. The second-order valence-electron chi connectivity index (χ2n) is 5.51. The summed E-state index contributed by atoms with van der Waals surface area (Å²) in [6.45, 7) is 7.73.